The van der Waals surface area contributed by atoms with Gasteiger partial charge in [0.2, 0.25) is 0 Å². The van der Waals surface area contributed by atoms with Crippen molar-refractivity contribution in [3.8, 4) is 0 Å². The SMILES string of the molecule is CCNCCCN1C(=O)C2CCC(O2)C1=O. The van der Waals surface area contributed by atoms with Gasteiger partial charge in [-0.15, -0.1) is 0 Å². The number of hydrogen-bond donors (Lipinski definition) is 1. The van der Waals surface area contributed by atoms with Crippen LogP contribution in [0.15, 0.2) is 0 Å². The van der Waals surface area contributed by atoms with E-state index in [1.165, 1.54) is 4.90 Å². The van der Waals surface area contributed by atoms with E-state index in [1.807, 2.05) is 6.92 Å². The third kappa shape index (κ3) is 2.10. The van der Waals surface area contributed by atoms with Gasteiger partial charge in [0.25, 0.3) is 11.8 Å². The van der Waals surface area contributed by atoms with Crippen LogP contribution in [-0.4, -0.2) is 48.6 Å². The molecule has 0 spiro atoms. The van der Waals surface area contributed by atoms with Crippen LogP contribution in [0.5, 0.6) is 0 Å². The van der Waals surface area contributed by atoms with E-state index in [-0.39, 0.29) is 24.0 Å². The van der Waals surface area contributed by atoms with Gasteiger partial charge < -0.3 is 10.1 Å². The molecule has 0 aliphatic carbocycles. The first-order valence-corrected chi connectivity index (χ1v) is 5.95. The van der Waals surface area contributed by atoms with Crippen molar-refractivity contribution in [3.63, 3.8) is 0 Å². The van der Waals surface area contributed by atoms with E-state index in [2.05, 4.69) is 5.32 Å². The Labute approximate surface area is 95.1 Å². The summed E-state index contributed by atoms with van der Waals surface area (Å²) in [5.41, 5.74) is 0. The monoisotopic (exact) mass is 226 g/mol. The fourth-order valence-corrected chi connectivity index (χ4v) is 2.22. The van der Waals surface area contributed by atoms with Gasteiger partial charge in [-0.05, 0) is 32.4 Å². The summed E-state index contributed by atoms with van der Waals surface area (Å²) >= 11 is 0. The predicted molar refractivity (Wildman–Crippen MR) is 57.8 cm³/mol. The lowest BCUT2D eigenvalue weighted by atomic mass is 10.2. The van der Waals surface area contributed by atoms with E-state index in [9.17, 15) is 9.59 Å². The number of hydrogen-bond acceptors (Lipinski definition) is 4. The van der Waals surface area contributed by atoms with E-state index in [0.717, 1.165) is 19.5 Å². The van der Waals surface area contributed by atoms with E-state index >= 15 is 0 Å². The topological polar surface area (TPSA) is 58.6 Å². The number of fused-ring (bicyclic) bond motifs is 2. The molecular formula is C11H18N2O3. The Balaban J connectivity index is 1.88. The molecule has 2 bridgehead atoms. The molecule has 2 aliphatic rings. The van der Waals surface area contributed by atoms with Crippen molar-refractivity contribution < 1.29 is 14.3 Å². The highest BCUT2D eigenvalue weighted by atomic mass is 16.5. The zero-order chi connectivity index (χ0) is 11.5. The van der Waals surface area contributed by atoms with Crippen LogP contribution in [0.25, 0.3) is 0 Å². The predicted octanol–water partition coefficient (Wildman–Crippen LogP) is -0.0976. The van der Waals surface area contributed by atoms with Crippen molar-refractivity contribution in [1.82, 2.24) is 10.2 Å². The first-order valence-electron chi connectivity index (χ1n) is 5.95. The van der Waals surface area contributed by atoms with Gasteiger partial charge in [0.05, 0.1) is 0 Å². The average Bonchev–Trinajstić information content (AvgIpc) is 2.72. The molecule has 16 heavy (non-hydrogen) atoms. The van der Waals surface area contributed by atoms with Crippen molar-refractivity contribution in [3.05, 3.63) is 0 Å². The van der Waals surface area contributed by atoms with Crippen LogP contribution >= 0.6 is 0 Å². The smallest absolute Gasteiger partial charge is 0.258 e. The number of imide groups is 1. The van der Waals surface area contributed by atoms with Crippen LogP contribution in [0.2, 0.25) is 0 Å². The molecule has 2 heterocycles. The molecule has 0 saturated carbocycles. The third-order valence-electron chi connectivity index (χ3n) is 3.09. The van der Waals surface area contributed by atoms with Gasteiger partial charge in [-0.3, -0.25) is 14.5 Å². The van der Waals surface area contributed by atoms with Crippen LogP contribution in [-0.2, 0) is 14.3 Å². The number of rotatable bonds is 5. The van der Waals surface area contributed by atoms with Crippen molar-refractivity contribution in [2.24, 2.45) is 0 Å². The van der Waals surface area contributed by atoms with Crippen molar-refractivity contribution in [2.75, 3.05) is 19.6 Å². The van der Waals surface area contributed by atoms with Crippen LogP contribution in [0.1, 0.15) is 26.2 Å². The second-order valence-electron chi connectivity index (χ2n) is 4.23. The van der Waals surface area contributed by atoms with Crippen LogP contribution in [0, 0.1) is 0 Å². The average molecular weight is 226 g/mol. The highest BCUT2D eigenvalue weighted by molar-refractivity contribution is 6.02. The fraction of sp³-hybridized carbons (Fsp3) is 0.818. The van der Waals surface area contributed by atoms with Crippen LogP contribution < -0.4 is 5.32 Å². The van der Waals surface area contributed by atoms with Gasteiger partial charge in [-0.25, -0.2) is 0 Å². The Bertz CT molecular complexity index is 271. The summed E-state index contributed by atoms with van der Waals surface area (Å²) in [6, 6.07) is 0. The maximum absolute atomic E-state index is 11.8. The molecule has 5 nitrogen and oxygen atoms in total. The number of nitrogens with zero attached hydrogens (tertiary/aromatic N) is 1. The minimum atomic E-state index is -0.359. The Morgan fingerprint density at radius 1 is 1.31 bits per heavy atom. The molecule has 0 radical (unpaired) electrons. The lowest BCUT2D eigenvalue weighted by Crippen LogP contribution is -2.52. The number of ether oxygens (including phenoxy) is 1. The van der Waals surface area contributed by atoms with Gasteiger partial charge in [0.1, 0.15) is 12.2 Å². The first-order chi connectivity index (χ1) is 7.74. The quantitative estimate of drug-likeness (QED) is 0.525. The number of carbonyl (C=O) groups is 2. The first kappa shape index (κ1) is 11.5. The summed E-state index contributed by atoms with van der Waals surface area (Å²) in [4.78, 5) is 25.0. The molecule has 2 unspecified atom stereocenters. The molecule has 90 valence electrons. The normalized spacial score (nSPS) is 28.9. The molecular weight excluding hydrogens is 208 g/mol. The van der Waals surface area contributed by atoms with E-state index in [1.54, 1.807) is 0 Å². The summed E-state index contributed by atoms with van der Waals surface area (Å²) in [5, 5.41) is 3.18. The summed E-state index contributed by atoms with van der Waals surface area (Å²) in [5.74, 6) is -0.287. The summed E-state index contributed by atoms with van der Waals surface area (Å²) in [6.45, 7) is 4.30. The van der Waals surface area contributed by atoms with Crippen molar-refractivity contribution in [2.45, 2.75) is 38.4 Å². The van der Waals surface area contributed by atoms with Crippen molar-refractivity contribution >= 4 is 11.8 Å². The zero-order valence-electron chi connectivity index (χ0n) is 9.57. The van der Waals surface area contributed by atoms with E-state index in [0.29, 0.717) is 19.4 Å². The maximum atomic E-state index is 11.8. The zero-order valence-corrected chi connectivity index (χ0v) is 9.57. The molecule has 2 atom stereocenters. The Morgan fingerprint density at radius 2 is 1.94 bits per heavy atom. The Morgan fingerprint density at radius 3 is 2.50 bits per heavy atom. The molecule has 2 amide bonds. The second kappa shape index (κ2) is 4.93. The Hall–Kier alpha value is -0.940. The molecule has 2 rings (SSSR count). The van der Waals surface area contributed by atoms with Gasteiger partial charge in [0, 0.05) is 6.54 Å². The molecule has 0 aromatic carbocycles. The maximum Gasteiger partial charge on any atom is 0.258 e. The van der Waals surface area contributed by atoms with Gasteiger partial charge in [0.15, 0.2) is 0 Å². The highest BCUT2D eigenvalue weighted by Crippen LogP contribution is 2.28. The van der Waals surface area contributed by atoms with Gasteiger partial charge in [-0.2, -0.15) is 0 Å². The molecule has 2 fully saturated rings. The largest absolute Gasteiger partial charge is 0.355 e. The minimum absolute atomic E-state index is 0.143. The lowest BCUT2D eigenvalue weighted by Gasteiger charge is -2.29. The molecule has 0 aromatic heterocycles. The minimum Gasteiger partial charge on any atom is -0.355 e. The third-order valence-corrected chi connectivity index (χ3v) is 3.09. The van der Waals surface area contributed by atoms with E-state index in [4.69, 9.17) is 4.74 Å². The Kier molecular flexibility index (Phi) is 3.56. The highest BCUT2D eigenvalue weighted by Gasteiger charge is 2.45. The molecule has 2 aliphatic heterocycles. The molecule has 0 aromatic rings. The lowest BCUT2D eigenvalue weighted by molar-refractivity contribution is -0.168. The molecule has 1 N–H and O–H groups in total. The number of amides is 2. The van der Waals surface area contributed by atoms with E-state index < -0.39 is 0 Å². The summed E-state index contributed by atoms with van der Waals surface area (Å²) in [6.07, 6.45) is 1.48. The summed E-state index contributed by atoms with van der Waals surface area (Å²) in [7, 11) is 0. The number of morpholine rings is 1. The number of likely N-dealkylation sites (tertiary alicyclic amines) is 1. The van der Waals surface area contributed by atoms with Gasteiger partial charge in [-0.1, -0.05) is 6.92 Å². The van der Waals surface area contributed by atoms with Crippen LogP contribution in [0.4, 0.5) is 0 Å². The van der Waals surface area contributed by atoms with Gasteiger partial charge >= 0.3 is 0 Å². The van der Waals surface area contributed by atoms with Crippen LogP contribution in [0.3, 0.4) is 0 Å². The second-order valence-corrected chi connectivity index (χ2v) is 4.23. The standard InChI is InChI=1S/C11H18N2O3/c1-2-12-6-3-7-13-10(14)8-4-5-9(16-8)11(13)15/h8-9,12H,2-7H2,1H3. The summed E-state index contributed by atoms with van der Waals surface area (Å²) < 4.78 is 5.32. The van der Waals surface area contributed by atoms with Crippen molar-refractivity contribution in [1.29, 1.82) is 0 Å². The molecule has 2 saturated heterocycles. The number of carbonyl (C=O) groups excluding carboxylic acids is 2. The number of nitrogens with one attached hydrogen (secondary N) is 1. The fourth-order valence-electron chi connectivity index (χ4n) is 2.22. The molecule has 5 heteroatoms.